The van der Waals surface area contributed by atoms with Crippen molar-refractivity contribution in [3.8, 4) is 0 Å². The number of benzene rings is 1. The summed E-state index contributed by atoms with van der Waals surface area (Å²) in [6, 6.07) is 7.46. The van der Waals surface area contributed by atoms with Crippen molar-refractivity contribution in [2.45, 2.75) is 13.3 Å². The van der Waals surface area contributed by atoms with E-state index in [-0.39, 0.29) is 18.1 Å². The lowest BCUT2D eigenvalue weighted by molar-refractivity contribution is -0.125. The third-order valence-corrected chi connectivity index (χ3v) is 2.60. The zero-order chi connectivity index (χ0) is 12.4. The molecule has 0 N–H and O–H groups in total. The highest BCUT2D eigenvalue weighted by atomic mass is 16.3. The van der Waals surface area contributed by atoms with Crippen molar-refractivity contribution in [1.82, 2.24) is 0 Å². The van der Waals surface area contributed by atoms with E-state index in [1.54, 1.807) is 7.05 Å². The van der Waals surface area contributed by atoms with Gasteiger partial charge in [0, 0.05) is 12.4 Å². The summed E-state index contributed by atoms with van der Waals surface area (Å²) in [4.78, 5) is 24.1. The van der Waals surface area contributed by atoms with Gasteiger partial charge in [0.25, 0.3) is 0 Å². The smallest absolute Gasteiger partial charge is 0.234 e. The van der Waals surface area contributed by atoms with E-state index in [2.05, 4.69) is 0 Å². The topological polar surface area (TPSA) is 50.5 Å². The second-order valence-electron chi connectivity index (χ2n) is 3.95. The van der Waals surface area contributed by atoms with Crippen molar-refractivity contribution in [2.24, 2.45) is 0 Å². The zero-order valence-corrected chi connectivity index (χ0v) is 9.77. The van der Waals surface area contributed by atoms with E-state index in [9.17, 15) is 9.59 Å². The van der Waals surface area contributed by atoms with Gasteiger partial charge in [0.2, 0.25) is 5.91 Å². The molecule has 0 atom stereocenters. The fourth-order valence-corrected chi connectivity index (χ4v) is 1.69. The van der Waals surface area contributed by atoms with Gasteiger partial charge in [-0.25, -0.2) is 0 Å². The van der Waals surface area contributed by atoms with E-state index in [1.165, 1.54) is 18.1 Å². The van der Waals surface area contributed by atoms with E-state index in [0.29, 0.717) is 5.69 Å². The van der Waals surface area contributed by atoms with Gasteiger partial charge in [-0.1, -0.05) is 12.1 Å². The van der Waals surface area contributed by atoms with Crippen molar-refractivity contribution in [3.63, 3.8) is 0 Å². The molecule has 2 aromatic rings. The third kappa shape index (κ3) is 2.20. The molecule has 0 unspecified atom stereocenters. The molecule has 0 saturated carbocycles. The largest absolute Gasteiger partial charge is 0.462 e. The standard InChI is InChI=1S/C13H13NO3/c1-9(15)7-13(16)14(2)11-8-17-12-6-4-3-5-10(11)12/h3-6,8H,7H2,1-2H3. The number of fused-ring (bicyclic) bond motifs is 1. The van der Waals surface area contributed by atoms with Crippen molar-refractivity contribution in [3.05, 3.63) is 30.5 Å². The Morgan fingerprint density at radius 3 is 2.71 bits per heavy atom. The quantitative estimate of drug-likeness (QED) is 0.762. The summed E-state index contributed by atoms with van der Waals surface area (Å²) in [6.07, 6.45) is 1.44. The van der Waals surface area contributed by atoms with Crippen molar-refractivity contribution < 1.29 is 14.0 Å². The predicted molar refractivity (Wildman–Crippen MR) is 64.9 cm³/mol. The molecule has 2 rings (SSSR count). The van der Waals surface area contributed by atoms with E-state index in [1.807, 2.05) is 24.3 Å². The maximum Gasteiger partial charge on any atom is 0.234 e. The summed E-state index contributed by atoms with van der Waals surface area (Å²) in [6.45, 7) is 1.40. The minimum Gasteiger partial charge on any atom is -0.462 e. The van der Waals surface area contributed by atoms with E-state index in [4.69, 9.17) is 4.42 Å². The maximum atomic E-state index is 11.8. The number of amides is 1. The van der Waals surface area contributed by atoms with Crippen LogP contribution >= 0.6 is 0 Å². The number of anilines is 1. The number of nitrogens with zero attached hydrogens (tertiary/aromatic N) is 1. The molecule has 0 radical (unpaired) electrons. The highest BCUT2D eigenvalue weighted by Crippen LogP contribution is 2.28. The van der Waals surface area contributed by atoms with Gasteiger partial charge >= 0.3 is 0 Å². The van der Waals surface area contributed by atoms with Crippen LogP contribution in [0.15, 0.2) is 34.9 Å². The molecule has 1 aromatic carbocycles. The van der Waals surface area contributed by atoms with Gasteiger partial charge in [0.05, 0.1) is 12.1 Å². The number of furan rings is 1. The molecule has 1 amide bonds. The number of hydrogen-bond acceptors (Lipinski definition) is 3. The van der Waals surface area contributed by atoms with Crippen LogP contribution in [0.1, 0.15) is 13.3 Å². The molecule has 0 saturated heterocycles. The number of Topliss-reactive ketones (excluding diaryl/α,β-unsaturated/α-hetero) is 1. The van der Waals surface area contributed by atoms with Crippen LogP contribution in [0.25, 0.3) is 11.0 Å². The predicted octanol–water partition coefficient (Wildman–Crippen LogP) is 2.37. The normalized spacial score (nSPS) is 10.5. The summed E-state index contributed by atoms with van der Waals surface area (Å²) >= 11 is 0. The molecule has 0 aliphatic heterocycles. The SMILES string of the molecule is CC(=O)CC(=O)N(C)c1coc2ccccc12. The van der Waals surface area contributed by atoms with Crippen LogP contribution in [0.3, 0.4) is 0 Å². The van der Waals surface area contributed by atoms with Gasteiger partial charge in [-0.3, -0.25) is 9.59 Å². The fourth-order valence-electron chi connectivity index (χ4n) is 1.69. The molecule has 4 nitrogen and oxygen atoms in total. The Labute approximate surface area is 98.8 Å². The molecule has 1 aromatic heterocycles. The van der Waals surface area contributed by atoms with Gasteiger partial charge < -0.3 is 9.32 Å². The molecule has 88 valence electrons. The highest BCUT2D eigenvalue weighted by Gasteiger charge is 2.16. The molecule has 17 heavy (non-hydrogen) atoms. The Bertz CT molecular complexity index is 571. The Morgan fingerprint density at radius 2 is 2.00 bits per heavy atom. The molecule has 0 bridgehead atoms. The van der Waals surface area contributed by atoms with Gasteiger partial charge in [-0.2, -0.15) is 0 Å². The first-order valence-electron chi connectivity index (χ1n) is 5.32. The molecule has 1 heterocycles. The molecule has 0 aliphatic rings. The van der Waals surface area contributed by atoms with Crippen molar-refractivity contribution >= 4 is 28.3 Å². The number of para-hydroxylation sites is 1. The van der Waals surface area contributed by atoms with Crippen molar-refractivity contribution in [1.29, 1.82) is 0 Å². The molecular formula is C13H13NO3. The summed E-state index contributed by atoms with van der Waals surface area (Å²) in [5.74, 6) is -0.376. The lowest BCUT2D eigenvalue weighted by Gasteiger charge is -2.14. The van der Waals surface area contributed by atoms with Gasteiger partial charge in [0.1, 0.15) is 17.6 Å². The number of hydrogen-bond donors (Lipinski definition) is 0. The Hall–Kier alpha value is -2.10. The summed E-state index contributed by atoms with van der Waals surface area (Å²) in [5, 5.41) is 0.868. The number of ketones is 1. The molecule has 0 spiro atoms. The minimum absolute atomic E-state index is 0.0873. The lowest BCUT2D eigenvalue weighted by atomic mass is 10.2. The van der Waals surface area contributed by atoms with Gasteiger partial charge in [-0.15, -0.1) is 0 Å². The average molecular weight is 231 g/mol. The van der Waals surface area contributed by atoms with Crippen LogP contribution in [0.4, 0.5) is 5.69 Å². The summed E-state index contributed by atoms with van der Waals surface area (Å²) < 4.78 is 5.35. The molecule has 0 aliphatic carbocycles. The van der Waals surface area contributed by atoms with Crippen LogP contribution < -0.4 is 4.90 Å². The highest BCUT2D eigenvalue weighted by molar-refractivity contribution is 6.08. The zero-order valence-electron chi connectivity index (χ0n) is 9.77. The first kappa shape index (κ1) is 11.4. The summed E-state index contributed by atoms with van der Waals surface area (Å²) in [5.41, 5.74) is 1.41. The first-order chi connectivity index (χ1) is 8.09. The summed E-state index contributed by atoms with van der Waals surface area (Å²) in [7, 11) is 1.64. The second-order valence-corrected chi connectivity index (χ2v) is 3.95. The third-order valence-electron chi connectivity index (χ3n) is 2.60. The molecule has 4 heteroatoms. The van der Waals surface area contributed by atoms with Gasteiger partial charge in [0.15, 0.2) is 0 Å². The van der Waals surface area contributed by atoms with Crippen LogP contribution in [0.2, 0.25) is 0 Å². The Morgan fingerprint density at radius 1 is 1.29 bits per heavy atom. The number of carbonyl (C=O) groups excluding carboxylic acids is 2. The monoisotopic (exact) mass is 231 g/mol. The van der Waals surface area contributed by atoms with Crippen LogP contribution in [-0.4, -0.2) is 18.7 Å². The lowest BCUT2D eigenvalue weighted by Crippen LogP contribution is -2.27. The number of rotatable bonds is 3. The molecular weight excluding hydrogens is 218 g/mol. The van der Waals surface area contributed by atoms with E-state index in [0.717, 1.165) is 11.0 Å². The van der Waals surface area contributed by atoms with E-state index >= 15 is 0 Å². The van der Waals surface area contributed by atoms with Crippen molar-refractivity contribution in [2.75, 3.05) is 11.9 Å². The van der Waals surface area contributed by atoms with E-state index < -0.39 is 0 Å². The maximum absolute atomic E-state index is 11.8. The minimum atomic E-state index is -0.232. The number of carbonyl (C=O) groups is 2. The molecule has 0 fully saturated rings. The fraction of sp³-hybridized carbons (Fsp3) is 0.231. The van der Waals surface area contributed by atoms with Crippen LogP contribution in [-0.2, 0) is 9.59 Å². The Balaban J connectivity index is 2.33. The second kappa shape index (κ2) is 4.41. The first-order valence-corrected chi connectivity index (χ1v) is 5.32. The average Bonchev–Trinajstić information content (AvgIpc) is 2.70. The van der Waals surface area contributed by atoms with Gasteiger partial charge in [-0.05, 0) is 19.1 Å². The Kier molecular flexibility index (Phi) is 2.95. The van der Waals surface area contributed by atoms with Crippen LogP contribution in [0, 0.1) is 0 Å². The van der Waals surface area contributed by atoms with Crippen LogP contribution in [0.5, 0.6) is 0 Å².